The molecule has 1 aromatic carbocycles. The second-order valence-electron chi connectivity index (χ2n) is 6.50. The molecule has 2 heterocycles. The highest BCUT2D eigenvalue weighted by atomic mass is 16.3. The fraction of sp³-hybridized carbons (Fsp3) is 0.316. The minimum Gasteiger partial charge on any atom is -0.459 e. The molecule has 27 heavy (non-hydrogen) atoms. The Morgan fingerprint density at radius 1 is 1.04 bits per heavy atom. The average molecular weight is 371 g/mol. The minimum absolute atomic E-state index is 0.0805. The first-order valence-electron chi connectivity index (χ1n) is 8.85. The Morgan fingerprint density at radius 2 is 1.67 bits per heavy atom. The summed E-state index contributed by atoms with van der Waals surface area (Å²) in [5.41, 5.74) is 1.36. The van der Waals surface area contributed by atoms with Gasteiger partial charge < -0.3 is 24.9 Å². The molecule has 0 atom stereocenters. The van der Waals surface area contributed by atoms with E-state index in [4.69, 9.17) is 4.42 Å². The van der Waals surface area contributed by atoms with Crippen molar-refractivity contribution in [2.75, 3.05) is 43.4 Å². The predicted octanol–water partition coefficient (Wildman–Crippen LogP) is 0.217. The highest BCUT2D eigenvalue weighted by molar-refractivity contribution is 5.93. The molecule has 1 saturated heterocycles. The molecule has 1 aromatic heterocycles. The number of piperazine rings is 1. The summed E-state index contributed by atoms with van der Waals surface area (Å²) in [7, 11) is 0. The summed E-state index contributed by atoms with van der Waals surface area (Å²) >= 11 is 0. The first-order chi connectivity index (χ1) is 13.0. The van der Waals surface area contributed by atoms with Crippen molar-refractivity contribution in [3.63, 3.8) is 0 Å². The molecule has 3 N–H and O–H groups in total. The Bertz CT molecular complexity index is 794. The maximum absolute atomic E-state index is 12.2. The van der Waals surface area contributed by atoms with Crippen LogP contribution in [-0.2, 0) is 9.59 Å². The van der Waals surface area contributed by atoms with Crippen LogP contribution in [0.25, 0.3) is 0 Å². The molecule has 8 heteroatoms. The molecular formula is C19H23N4O4+. The molecule has 1 aliphatic rings. The van der Waals surface area contributed by atoms with E-state index in [1.165, 1.54) is 13.2 Å². The number of hydrogen-bond donors (Lipinski definition) is 3. The maximum atomic E-state index is 12.2. The first-order valence-corrected chi connectivity index (χ1v) is 8.85. The Hall–Kier alpha value is -3.13. The number of furan rings is 1. The number of benzene rings is 1. The van der Waals surface area contributed by atoms with E-state index in [2.05, 4.69) is 10.6 Å². The van der Waals surface area contributed by atoms with Gasteiger partial charge in [-0.3, -0.25) is 14.4 Å². The van der Waals surface area contributed by atoms with Crippen molar-refractivity contribution in [3.8, 4) is 0 Å². The van der Waals surface area contributed by atoms with Gasteiger partial charge in [0.1, 0.15) is 0 Å². The summed E-state index contributed by atoms with van der Waals surface area (Å²) < 4.78 is 5.15. The van der Waals surface area contributed by atoms with Crippen LogP contribution in [0, 0.1) is 0 Å². The lowest BCUT2D eigenvalue weighted by atomic mass is 10.2. The molecule has 3 rings (SSSR count). The molecule has 142 valence electrons. The van der Waals surface area contributed by atoms with Crippen molar-refractivity contribution >= 4 is 29.1 Å². The lowest BCUT2D eigenvalue weighted by molar-refractivity contribution is -0.895. The smallest absolute Gasteiger partial charge is 0.289 e. The Labute approximate surface area is 157 Å². The average Bonchev–Trinajstić information content (AvgIpc) is 3.18. The number of hydrogen-bond acceptors (Lipinski definition) is 4. The normalized spacial score (nSPS) is 14.6. The van der Waals surface area contributed by atoms with Crippen LogP contribution < -0.4 is 15.5 Å². The van der Waals surface area contributed by atoms with Gasteiger partial charge in [0.15, 0.2) is 12.3 Å². The number of rotatable bonds is 5. The van der Waals surface area contributed by atoms with Crippen LogP contribution in [0.4, 0.5) is 11.4 Å². The fourth-order valence-corrected chi connectivity index (χ4v) is 3.03. The third-order valence-electron chi connectivity index (χ3n) is 4.39. The summed E-state index contributed by atoms with van der Waals surface area (Å²) in [6.07, 6.45) is 1.49. The number of carbonyl (C=O) groups is 3. The van der Waals surface area contributed by atoms with Crippen molar-refractivity contribution in [1.29, 1.82) is 0 Å². The highest BCUT2D eigenvalue weighted by Gasteiger charge is 2.27. The monoisotopic (exact) mass is 371 g/mol. The van der Waals surface area contributed by atoms with Gasteiger partial charge in [0, 0.05) is 18.3 Å². The Morgan fingerprint density at radius 3 is 2.22 bits per heavy atom. The molecule has 3 amide bonds. The molecular weight excluding hydrogens is 348 g/mol. The summed E-state index contributed by atoms with van der Waals surface area (Å²) in [6.45, 7) is 4.39. The number of carbonyl (C=O) groups excluding carboxylic acids is 3. The topological polar surface area (TPSA) is 96.1 Å². The van der Waals surface area contributed by atoms with Crippen LogP contribution in [0.15, 0.2) is 47.1 Å². The van der Waals surface area contributed by atoms with Gasteiger partial charge in [-0.1, -0.05) is 0 Å². The van der Waals surface area contributed by atoms with E-state index in [0.29, 0.717) is 49.9 Å². The van der Waals surface area contributed by atoms with Crippen LogP contribution >= 0.6 is 0 Å². The zero-order chi connectivity index (χ0) is 19.2. The third kappa shape index (κ3) is 5.18. The van der Waals surface area contributed by atoms with Crippen LogP contribution in [0.2, 0.25) is 0 Å². The lowest BCUT2D eigenvalue weighted by Gasteiger charge is -2.31. The minimum atomic E-state index is -0.139. The van der Waals surface area contributed by atoms with E-state index < -0.39 is 0 Å². The molecule has 0 bridgehead atoms. The van der Waals surface area contributed by atoms with Gasteiger partial charge >= 0.3 is 0 Å². The number of amides is 3. The molecule has 0 spiro atoms. The van der Waals surface area contributed by atoms with Crippen LogP contribution in [0.1, 0.15) is 17.5 Å². The Kier molecular flexibility index (Phi) is 5.87. The fourth-order valence-electron chi connectivity index (χ4n) is 3.03. The summed E-state index contributed by atoms with van der Waals surface area (Å²) in [4.78, 5) is 38.4. The van der Waals surface area contributed by atoms with Crippen LogP contribution in [0.5, 0.6) is 0 Å². The molecule has 8 nitrogen and oxygen atoms in total. The van der Waals surface area contributed by atoms with Crippen LogP contribution in [0.3, 0.4) is 0 Å². The molecule has 0 aliphatic carbocycles. The quantitative estimate of drug-likeness (QED) is 0.701. The van der Waals surface area contributed by atoms with E-state index in [0.717, 1.165) is 4.90 Å². The zero-order valence-corrected chi connectivity index (χ0v) is 15.2. The zero-order valence-electron chi connectivity index (χ0n) is 15.2. The Balaban J connectivity index is 1.44. The van der Waals surface area contributed by atoms with Crippen molar-refractivity contribution in [2.24, 2.45) is 0 Å². The van der Waals surface area contributed by atoms with Crippen molar-refractivity contribution in [2.45, 2.75) is 6.92 Å². The second kappa shape index (κ2) is 8.50. The highest BCUT2D eigenvalue weighted by Crippen LogP contribution is 2.13. The van der Waals surface area contributed by atoms with Gasteiger partial charge in [0.25, 0.3) is 11.8 Å². The van der Waals surface area contributed by atoms with E-state index in [1.54, 1.807) is 41.3 Å². The van der Waals surface area contributed by atoms with Gasteiger partial charge in [-0.15, -0.1) is 0 Å². The van der Waals surface area contributed by atoms with Gasteiger partial charge in [0.2, 0.25) is 5.91 Å². The second-order valence-corrected chi connectivity index (χ2v) is 6.50. The maximum Gasteiger partial charge on any atom is 0.289 e. The first kappa shape index (κ1) is 18.7. The lowest BCUT2D eigenvalue weighted by Crippen LogP contribution is -3.15. The molecule has 1 fully saturated rings. The molecule has 0 saturated carbocycles. The standard InChI is InChI=1S/C19H22N4O4/c1-14(24)20-15-4-6-16(7-5-15)21-18(25)13-22-8-10-23(11-9-22)19(26)17-3-2-12-27-17/h2-7,12H,8-11,13H2,1H3,(H,20,24)(H,21,25)/p+1. The van der Waals surface area contributed by atoms with Gasteiger partial charge in [-0.25, -0.2) is 0 Å². The number of quaternary nitrogens is 1. The molecule has 1 aliphatic heterocycles. The molecule has 0 radical (unpaired) electrons. The van der Waals surface area contributed by atoms with E-state index in [1.807, 2.05) is 0 Å². The SMILES string of the molecule is CC(=O)Nc1ccc(NC(=O)C[NH+]2CCN(C(=O)c3ccco3)CC2)cc1. The van der Waals surface area contributed by atoms with Crippen molar-refractivity contribution < 1.29 is 23.7 Å². The van der Waals surface area contributed by atoms with E-state index in [9.17, 15) is 14.4 Å². The molecule has 2 aromatic rings. The van der Waals surface area contributed by atoms with Crippen molar-refractivity contribution in [3.05, 3.63) is 48.4 Å². The summed E-state index contributed by atoms with van der Waals surface area (Å²) in [5, 5.41) is 5.54. The third-order valence-corrected chi connectivity index (χ3v) is 4.39. The van der Waals surface area contributed by atoms with Crippen molar-refractivity contribution in [1.82, 2.24) is 4.90 Å². The van der Waals surface area contributed by atoms with Gasteiger partial charge in [0.05, 0.1) is 32.4 Å². The van der Waals surface area contributed by atoms with E-state index >= 15 is 0 Å². The number of nitrogens with one attached hydrogen (secondary N) is 3. The molecule has 0 unspecified atom stereocenters. The predicted molar refractivity (Wildman–Crippen MR) is 99.6 cm³/mol. The number of anilines is 2. The largest absolute Gasteiger partial charge is 0.459 e. The van der Waals surface area contributed by atoms with Gasteiger partial charge in [-0.05, 0) is 36.4 Å². The van der Waals surface area contributed by atoms with Crippen LogP contribution in [-0.4, -0.2) is 55.3 Å². The number of nitrogens with zero attached hydrogens (tertiary/aromatic N) is 1. The summed E-state index contributed by atoms with van der Waals surface area (Å²) in [5.74, 6) is 0.0183. The van der Waals surface area contributed by atoms with Gasteiger partial charge in [-0.2, -0.15) is 0 Å². The summed E-state index contributed by atoms with van der Waals surface area (Å²) in [6, 6.07) is 10.3. The van der Waals surface area contributed by atoms with E-state index in [-0.39, 0.29) is 17.7 Å².